The Balaban J connectivity index is 1.30. The van der Waals surface area contributed by atoms with E-state index in [1.165, 1.54) is 48.7 Å². The van der Waals surface area contributed by atoms with Crippen LogP contribution in [0, 0.1) is 0 Å². The Kier molecular flexibility index (Phi) is 5.57. The molecule has 0 atom stereocenters. The van der Waals surface area contributed by atoms with Crippen molar-refractivity contribution in [2.75, 3.05) is 0 Å². The molecule has 2 heterocycles. The zero-order valence-corrected chi connectivity index (χ0v) is 25.4. The predicted octanol–water partition coefficient (Wildman–Crippen LogP) is 11.5. The Hall–Kier alpha value is -6.32. The highest BCUT2D eigenvalue weighted by molar-refractivity contribution is 6.14. The van der Waals surface area contributed by atoms with E-state index in [9.17, 15) is 0 Å². The highest BCUT2D eigenvalue weighted by Gasteiger charge is 2.19. The topological polar surface area (TPSA) is 30.7 Å². The van der Waals surface area contributed by atoms with Crippen LogP contribution in [-0.4, -0.2) is 14.5 Å². The van der Waals surface area contributed by atoms with E-state index in [1.54, 1.807) is 0 Å². The number of hydrogen-bond donors (Lipinski definition) is 0. The molecule has 8 aromatic carbocycles. The van der Waals surface area contributed by atoms with E-state index in [2.05, 4.69) is 168 Å². The minimum absolute atomic E-state index is 0.666. The molecule has 0 spiro atoms. The van der Waals surface area contributed by atoms with E-state index in [0.29, 0.717) is 5.95 Å². The van der Waals surface area contributed by atoms with Crippen molar-refractivity contribution in [3.8, 4) is 28.3 Å². The van der Waals surface area contributed by atoms with Crippen molar-refractivity contribution in [2.45, 2.75) is 0 Å². The molecule has 0 saturated heterocycles. The first-order chi connectivity index (χ1) is 23.3. The van der Waals surface area contributed by atoms with E-state index in [-0.39, 0.29) is 0 Å². The van der Waals surface area contributed by atoms with Crippen LogP contribution in [0.4, 0.5) is 0 Å². The summed E-state index contributed by atoms with van der Waals surface area (Å²) >= 11 is 0. The number of benzene rings is 8. The van der Waals surface area contributed by atoms with Crippen LogP contribution in [0.25, 0.3) is 93.4 Å². The number of nitrogens with zero attached hydrogens (tertiary/aromatic N) is 3. The smallest absolute Gasteiger partial charge is 0.235 e. The van der Waals surface area contributed by atoms with Gasteiger partial charge in [-0.15, -0.1) is 0 Å². The maximum absolute atomic E-state index is 5.47. The van der Waals surface area contributed by atoms with Gasteiger partial charge in [-0.2, -0.15) is 0 Å². The molecule has 0 saturated carbocycles. The van der Waals surface area contributed by atoms with Crippen molar-refractivity contribution in [1.29, 1.82) is 0 Å². The van der Waals surface area contributed by atoms with Gasteiger partial charge in [0.25, 0.3) is 0 Å². The van der Waals surface area contributed by atoms with Crippen LogP contribution in [0.5, 0.6) is 0 Å². The summed E-state index contributed by atoms with van der Waals surface area (Å²) in [5.74, 6) is 0.666. The van der Waals surface area contributed by atoms with Crippen LogP contribution < -0.4 is 0 Å². The summed E-state index contributed by atoms with van der Waals surface area (Å²) in [4.78, 5) is 10.8. The molecular weight excluding hydrogens is 571 g/mol. The molecule has 0 aliphatic rings. The van der Waals surface area contributed by atoms with Gasteiger partial charge in [0.05, 0.1) is 22.2 Å². The summed E-state index contributed by atoms with van der Waals surface area (Å²) in [6, 6.07) is 58.5. The van der Waals surface area contributed by atoms with Crippen LogP contribution >= 0.6 is 0 Å². The lowest BCUT2D eigenvalue weighted by Gasteiger charge is -2.14. The van der Waals surface area contributed by atoms with Crippen LogP contribution in [0.15, 0.2) is 164 Å². The zero-order valence-electron chi connectivity index (χ0n) is 25.4. The second-order valence-electron chi connectivity index (χ2n) is 12.3. The minimum Gasteiger partial charge on any atom is -0.278 e. The van der Waals surface area contributed by atoms with Crippen molar-refractivity contribution in [2.24, 2.45) is 0 Å². The van der Waals surface area contributed by atoms with Crippen molar-refractivity contribution in [3.63, 3.8) is 0 Å². The van der Waals surface area contributed by atoms with Gasteiger partial charge >= 0.3 is 0 Å². The highest BCUT2D eigenvalue weighted by Crippen LogP contribution is 2.38. The van der Waals surface area contributed by atoms with Gasteiger partial charge in [0, 0.05) is 21.7 Å². The first-order valence-corrected chi connectivity index (χ1v) is 16.0. The third-order valence-electron chi connectivity index (χ3n) is 9.55. The van der Waals surface area contributed by atoms with Gasteiger partial charge in [-0.05, 0) is 79.8 Å². The average molecular weight is 598 g/mol. The third-order valence-corrected chi connectivity index (χ3v) is 9.55. The first-order valence-electron chi connectivity index (χ1n) is 16.0. The molecule has 0 bridgehead atoms. The van der Waals surface area contributed by atoms with E-state index in [0.717, 1.165) is 38.8 Å². The molecule has 2 aromatic heterocycles. The van der Waals surface area contributed by atoms with Gasteiger partial charge in [-0.3, -0.25) is 4.57 Å². The van der Waals surface area contributed by atoms with Gasteiger partial charge in [0.15, 0.2) is 0 Å². The second kappa shape index (κ2) is 10.1. The van der Waals surface area contributed by atoms with Crippen LogP contribution in [0.3, 0.4) is 0 Å². The molecule has 0 N–H and O–H groups in total. The first kappa shape index (κ1) is 26.0. The molecular formula is C44H27N3. The monoisotopic (exact) mass is 597 g/mol. The third kappa shape index (κ3) is 4.07. The van der Waals surface area contributed by atoms with E-state index in [1.807, 2.05) is 0 Å². The van der Waals surface area contributed by atoms with Gasteiger partial charge in [0.2, 0.25) is 5.95 Å². The van der Waals surface area contributed by atoms with E-state index >= 15 is 0 Å². The summed E-state index contributed by atoms with van der Waals surface area (Å²) in [5, 5.41) is 10.7. The fraction of sp³-hybridized carbons (Fsp3) is 0. The largest absolute Gasteiger partial charge is 0.278 e. The fourth-order valence-electron chi connectivity index (χ4n) is 7.27. The number of hydrogen-bond acceptors (Lipinski definition) is 2. The fourth-order valence-corrected chi connectivity index (χ4v) is 7.27. The standard InChI is InChI=1S/C44H27N3/c1-2-10-28(11-3-1)33-22-23-40-39(25-33)43(34-21-20-30-19-18-29-12-6-7-15-35(29)37(30)26-34)46-44(45-40)47-41-17-9-8-16-36(41)38-24-31-13-4-5-14-32(31)27-42(38)47/h1-27H. The minimum atomic E-state index is 0.666. The van der Waals surface area contributed by atoms with Crippen LogP contribution in [-0.2, 0) is 0 Å². The predicted molar refractivity (Wildman–Crippen MR) is 197 cm³/mol. The maximum Gasteiger partial charge on any atom is 0.235 e. The lowest BCUT2D eigenvalue weighted by molar-refractivity contribution is 1.01. The van der Waals surface area contributed by atoms with Gasteiger partial charge in [-0.25, -0.2) is 9.97 Å². The summed E-state index contributed by atoms with van der Waals surface area (Å²) in [6.07, 6.45) is 0. The maximum atomic E-state index is 5.47. The molecule has 0 aliphatic heterocycles. The Labute approximate surface area is 271 Å². The van der Waals surface area contributed by atoms with Gasteiger partial charge < -0.3 is 0 Å². The average Bonchev–Trinajstić information content (AvgIpc) is 3.46. The molecule has 0 radical (unpaired) electrons. The zero-order chi connectivity index (χ0) is 30.9. The molecule has 10 rings (SSSR count). The Morgan fingerprint density at radius 2 is 0.979 bits per heavy atom. The van der Waals surface area contributed by atoms with Gasteiger partial charge in [0.1, 0.15) is 0 Å². The summed E-state index contributed by atoms with van der Waals surface area (Å²) in [7, 11) is 0. The second-order valence-corrected chi connectivity index (χ2v) is 12.3. The molecule has 0 aliphatic carbocycles. The normalized spacial score (nSPS) is 11.8. The molecule has 10 aromatic rings. The molecule has 3 nitrogen and oxygen atoms in total. The summed E-state index contributed by atoms with van der Waals surface area (Å²) in [5.41, 5.74) is 7.40. The van der Waals surface area contributed by atoms with E-state index in [4.69, 9.17) is 9.97 Å². The van der Waals surface area contributed by atoms with Crippen molar-refractivity contribution < 1.29 is 0 Å². The Bertz CT molecular complexity index is 2850. The van der Waals surface area contributed by atoms with Crippen molar-refractivity contribution in [1.82, 2.24) is 14.5 Å². The Morgan fingerprint density at radius 1 is 0.340 bits per heavy atom. The number of para-hydroxylation sites is 1. The Morgan fingerprint density at radius 3 is 1.83 bits per heavy atom. The molecule has 3 heteroatoms. The lowest BCUT2D eigenvalue weighted by Crippen LogP contribution is -2.03. The molecule has 0 unspecified atom stereocenters. The van der Waals surface area contributed by atoms with Crippen molar-refractivity contribution in [3.05, 3.63) is 164 Å². The van der Waals surface area contributed by atoms with Crippen LogP contribution in [0.1, 0.15) is 0 Å². The SMILES string of the molecule is c1ccc(-c2ccc3nc(-n4c5ccccc5c5cc6ccccc6cc54)nc(-c4ccc5ccc6ccccc6c5c4)c3c2)cc1. The highest BCUT2D eigenvalue weighted by atomic mass is 15.2. The van der Waals surface area contributed by atoms with Crippen LogP contribution in [0.2, 0.25) is 0 Å². The number of rotatable bonds is 3. The van der Waals surface area contributed by atoms with Crippen molar-refractivity contribution >= 4 is 65.0 Å². The molecule has 0 fully saturated rings. The van der Waals surface area contributed by atoms with Gasteiger partial charge in [-0.1, -0.05) is 127 Å². The quantitative estimate of drug-likeness (QED) is 0.190. The number of fused-ring (bicyclic) bond motifs is 8. The molecule has 218 valence electrons. The van der Waals surface area contributed by atoms with E-state index < -0.39 is 0 Å². The molecule has 47 heavy (non-hydrogen) atoms. The summed E-state index contributed by atoms with van der Waals surface area (Å²) < 4.78 is 2.24. The lowest BCUT2D eigenvalue weighted by atomic mass is 9.96. The summed E-state index contributed by atoms with van der Waals surface area (Å²) in [6.45, 7) is 0. The number of aromatic nitrogens is 3. The molecule has 0 amide bonds.